The van der Waals surface area contributed by atoms with E-state index in [0.717, 1.165) is 38.5 Å². The molecule has 2 saturated carbocycles. The third-order valence-corrected chi connectivity index (χ3v) is 10.5. The minimum Gasteiger partial charge on any atom is -0.450 e. The van der Waals surface area contributed by atoms with Crippen LogP contribution in [0.5, 0.6) is 0 Å². The molecule has 0 aromatic heterocycles. The normalized spacial score (nSPS) is 39.0. The van der Waals surface area contributed by atoms with E-state index in [2.05, 4.69) is 0 Å². The Morgan fingerprint density at radius 1 is 0.820 bits per heavy atom. The molecule has 1 aromatic carbocycles. The SMILES string of the molecule is CC1CCCC(OC2OC(CO)C(O)C(O[C@@H](CC3CCCCC3)C(=O)NO)C2OC(=O)c2ccccc2)C1OC1OC(C)C(O)C(O)C1O. The molecular weight excluding hydrogens is 658 g/mol. The van der Waals surface area contributed by atoms with Gasteiger partial charge in [0.2, 0.25) is 0 Å². The van der Waals surface area contributed by atoms with Crippen molar-refractivity contribution in [2.45, 2.75) is 151 Å². The standard InChI is InChI=1S/C35H53NO14/c1-18-10-9-15-22(29(18)50-34-28(41)27(40)25(38)19(2)45-34)47-35-31(49-33(43)21-13-7-4-8-14-21)30(26(39)24(17-37)48-35)46-23(32(42)36-44)16-20-11-5-3-6-12-20/h4,7-8,13-14,18-20,22-31,34-35,37-41,44H,3,5-6,9-12,15-17H2,1-2H3,(H,36,42)/t18?,19?,22?,23-,24?,25?,26?,27?,28?,29?,30?,31?,34?,35?/m0/s1. The second-order valence-corrected chi connectivity index (χ2v) is 14.1. The fourth-order valence-electron chi connectivity index (χ4n) is 7.57. The zero-order chi connectivity index (χ0) is 35.9. The number of hydrogen-bond donors (Lipinski definition) is 7. The summed E-state index contributed by atoms with van der Waals surface area (Å²) in [6.07, 6.45) is -9.51. The van der Waals surface area contributed by atoms with Crippen LogP contribution < -0.4 is 5.48 Å². The fraction of sp³-hybridized carbons (Fsp3) is 0.771. The Kier molecular flexibility index (Phi) is 14.0. The highest BCUT2D eigenvalue weighted by Gasteiger charge is 2.52. The molecular formula is C35H53NO14. The third-order valence-electron chi connectivity index (χ3n) is 10.5. The first kappa shape index (κ1) is 38.9. The first-order valence-corrected chi connectivity index (χ1v) is 17.8. The molecule has 2 aliphatic heterocycles. The Balaban J connectivity index is 1.43. The van der Waals surface area contributed by atoms with Crippen LogP contribution in [0, 0.1) is 11.8 Å². The molecule has 0 bridgehead atoms. The van der Waals surface area contributed by atoms with Crippen LogP contribution in [-0.4, -0.2) is 129 Å². The van der Waals surface area contributed by atoms with Crippen molar-refractivity contribution in [1.82, 2.24) is 5.48 Å². The van der Waals surface area contributed by atoms with E-state index in [1.807, 2.05) is 6.92 Å². The second-order valence-electron chi connectivity index (χ2n) is 14.1. The highest BCUT2D eigenvalue weighted by atomic mass is 16.7. The van der Waals surface area contributed by atoms with Gasteiger partial charge in [-0.1, -0.05) is 63.6 Å². The summed E-state index contributed by atoms with van der Waals surface area (Å²) in [5, 5.41) is 62.6. The van der Waals surface area contributed by atoms with Crippen LogP contribution in [0.15, 0.2) is 30.3 Å². The predicted molar refractivity (Wildman–Crippen MR) is 172 cm³/mol. The lowest BCUT2D eigenvalue weighted by Crippen LogP contribution is -2.64. The number of hydrogen-bond acceptors (Lipinski definition) is 14. The number of carbonyl (C=O) groups is 2. The van der Waals surface area contributed by atoms with Crippen LogP contribution in [0.3, 0.4) is 0 Å². The lowest BCUT2D eigenvalue weighted by molar-refractivity contribution is -0.347. The number of hydroxylamine groups is 1. The van der Waals surface area contributed by atoms with Crippen molar-refractivity contribution in [3.8, 4) is 0 Å². The van der Waals surface area contributed by atoms with Gasteiger partial charge in [0, 0.05) is 0 Å². The van der Waals surface area contributed by atoms with E-state index < -0.39 is 98.2 Å². The van der Waals surface area contributed by atoms with Gasteiger partial charge in [-0.2, -0.15) is 0 Å². The maximum atomic E-state index is 13.5. The van der Waals surface area contributed by atoms with Crippen molar-refractivity contribution < 1.29 is 68.8 Å². The van der Waals surface area contributed by atoms with Crippen LogP contribution in [0.25, 0.3) is 0 Å². The Labute approximate surface area is 291 Å². The quantitative estimate of drug-likeness (QED) is 0.0911. The number of benzene rings is 1. The molecule has 14 atom stereocenters. The number of aliphatic hydroxyl groups is 5. The minimum absolute atomic E-state index is 0.121. The summed E-state index contributed by atoms with van der Waals surface area (Å²) < 4.78 is 36.8. The Morgan fingerprint density at radius 3 is 2.22 bits per heavy atom. The zero-order valence-corrected chi connectivity index (χ0v) is 28.6. The van der Waals surface area contributed by atoms with Gasteiger partial charge >= 0.3 is 5.97 Å². The number of carbonyl (C=O) groups excluding carboxylic acids is 2. The number of rotatable bonds is 12. The molecule has 282 valence electrons. The van der Waals surface area contributed by atoms with E-state index in [1.54, 1.807) is 42.7 Å². The van der Waals surface area contributed by atoms with E-state index >= 15 is 0 Å². The molecule has 4 fully saturated rings. The largest absolute Gasteiger partial charge is 0.450 e. The molecule has 4 aliphatic rings. The summed E-state index contributed by atoms with van der Waals surface area (Å²) in [6.45, 7) is 2.81. The van der Waals surface area contributed by atoms with Crippen molar-refractivity contribution in [3.63, 3.8) is 0 Å². The van der Waals surface area contributed by atoms with E-state index in [9.17, 15) is 40.3 Å². The Morgan fingerprint density at radius 2 is 1.54 bits per heavy atom. The molecule has 2 aliphatic carbocycles. The van der Waals surface area contributed by atoms with Crippen LogP contribution in [0.1, 0.15) is 82.0 Å². The molecule has 50 heavy (non-hydrogen) atoms. The summed E-state index contributed by atoms with van der Waals surface area (Å²) in [4.78, 5) is 26.5. The minimum atomic E-state index is -1.58. The molecule has 7 N–H and O–H groups in total. The van der Waals surface area contributed by atoms with E-state index in [4.69, 9.17) is 28.4 Å². The monoisotopic (exact) mass is 711 g/mol. The van der Waals surface area contributed by atoms with Gasteiger partial charge in [-0.15, -0.1) is 0 Å². The number of nitrogens with one attached hydrogen (secondary N) is 1. The van der Waals surface area contributed by atoms with Gasteiger partial charge in [0.15, 0.2) is 18.7 Å². The van der Waals surface area contributed by atoms with Crippen LogP contribution in [0.4, 0.5) is 0 Å². The van der Waals surface area contributed by atoms with Crippen LogP contribution in [-0.2, 0) is 33.2 Å². The summed E-state index contributed by atoms with van der Waals surface area (Å²) >= 11 is 0. The molecule has 15 heteroatoms. The van der Waals surface area contributed by atoms with Gasteiger partial charge in [0.1, 0.15) is 42.7 Å². The predicted octanol–water partition coefficient (Wildman–Crippen LogP) is 0.938. The maximum Gasteiger partial charge on any atom is 0.338 e. The molecule has 13 unspecified atom stereocenters. The van der Waals surface area contributed by atoms with Crippen LogP contribution >= 0.6 is 0 Å². The van der Waals surface area contributed by atoms with E-state index in [1.165, 1.54) is 0 Å². The second kappa shape index (κ2) is 18.0. The third kappa shape index (κ3) is 9.19. The lowest BCUT2D eigenvalue weighted by Gasteiger charge is -2.47. The number of ether oxygens (including phenoxy) is 6. The first-order chi connectivity index (χ1) is 24.0. The van der Waals surface area contributed by atoms with Crippen LogP contribution in [0.2, 0.25) is 0 Å². The lowest BCUT2D eigenvalue weighted by atomic mass is 9.85. The molecule has 2 saturated heterocycles. The Bertz CT molecular complexity index is 1220. The molecule has 5 rings (SSSR count). The molecule has 1 aromatic rings. The smallest absolute Gasteiger partial charge is 0.338 e. The highest BCUT2D eigenvalue weighted by Crippen LogP contribution is 2.37. The average molecular weight is 712 g/mol. The van der Waals surface area contributed by atoms with Gasteiger partial charge in [-0.05, 0) is 50.2 Å². The first-order valence-electron chi connectivity index (χ1n) is 17.8. The van der Waals surface area contributed by atoms with Gasteiger partial charge in [0.25, 0.3) is 5.91 Å². The molecule has 0 spiro atoms. The highest BCUT2D eigenvalue weighted by molar-refractivity contribution is 5.89. The van der Waals surface area contributed by atoms with Gasteiger partial charge in [-0.3, -0.25) is 10.0 Å². The van der Waals surface area contributed by atoms with E-state index in [-0.39, 0.29) is 23.8 Å². The van der Waals surface area contributed by atoms with Gasteiger partial charge in [-0.25, -0.2) is 10.3 Å². The summed E-state index contributed by atoms with van der Waals surface area (Å²) in [7, 11) is 0. The van der Waals surface area contributed by atoms with Crippen molar-refractivity contribution in [2.75, 3.05) is 6.61 Å². The molecule has 15 nitrogen and oxygen atoms in total. The molecule has 2 heterocycles. The van der Waals surface area contributed by atoms with E-state index in [0.29, 0.717) is 12.8 Å². The number of amides is 1. The number of aliphatic hydroxyl groups excluding tert-OH is 5. The van der Waals surface area contributed by atoms with Crippen molar-refractivity contribution in [2.24, 2.45) is 11.8 Å². The summed E-state index contributed by atoms with van der Waals surface area (Å²) in [5.41, 5.74) is 1.85. The van der Waals surface area contributed by atoms with Crippen molar-refractivity contribution >= 4 is 11.9 Å². The summed E-state index contributed by atoms with van der Waals surface area (Å²) in [6, 6.07) is 8.13. The topological polar surface area (TPSA) is 223 Å². The Hall–Kier alpha value is -2.28. The zero-order valence-electron chi connectivity index (χ0n) is 28.6. The number of esters is 1. The van der Waals surface area contributed by atoms with Gasteiger partial charge < -0.3 is 54.0 Å². The van der Waals surface area contributed by atoms with Crippen molar-refractivity contribution in [3.05, 3.63) is 35.9 Å². The van der Waals surface area contributed by atoms with Crippen molar-refractivity contribution in [1.29, 1.82) is 0 Å². The van der Waals surface area contributed by atoms with Gasteiger partial charge in [0.05, 0.1) is 30.5 Å². The summed E-state index contributed by atoms with van der Waals surface area (Å²) in [5.74, 6) is -1.63. The molecule has 1 amide bonds. The molecule has 0 radical (unpaired) electrons. The maximum absolute atomic E-state index is 13.5. The fourth-order valence-corrected chi connectivity index (χ4v) is 7.57. The average Bonchev–Trinajstić information content (AvgIpc) is 3.13.